The average molecular weight is 313 g/mol. The Hall–Kier alpha value is -1.91. The molecule has 4 rings (SSSR count). The number of hydrogen-bond donors (Lipinski definition) is 1. The summed E-state index contributed by atoms with van der Waals surface area (Å²) >= 11 is 5.98. The summed E-state index contributed by atoms with van der Waals surface area (Å²) in [6, 6.07) is 12.0. The SMILES string of the molecule is Clc1ccc(Cn2c(C3CCNC3)nc3cccnc32)cc1. The summed E-state index contributed by atoms with van der Waals surface area (Å²) in [5, 5.41) is 4.18. The molecule has 1 atom stereocenters. The molecule has 3 aromatic rings. The fourth-order valence-corrected chi connectivity index (χ4v) is 3.22. The predicted octanol–water partition coefficient (Wildman–Crippen LogP) is 3.21. The molecule has 1 unspecified atom stereocenters. The van der Waals surface area contributed by atoms with E-state index in [-0.39, 0.29) is 0 Å². The summed E-state index contributed by atoms with van der Waals surface area (Å²) in [6.45, 7) is 2.82. The van der Waals surface area contributed by atoms with Crippen molar-refractivity contribution in [3.63, 3.8) is 0 Å². The van der Waals surface area contributed by atoms with Gasteiger partial charge >= 0.3 is 0 Å². The highest BCUT2D eigenvalue weighted by Gasteiger charge is 2.23. The summed E-state index contributed by atoms with van der Waals surface area (Å²) in [7, 11) is 0. The number of pyridine rings is 1. The molecule has 1 fully saturated rings. The Morgan fingerprint density at radius 2 is 2.09 bits per heavy atom. The van der Waals surface area contributed by atoms with E-state index in [4.69, 9.17) is 16.6 Å². The van der Waals surface area contributed by atoms with Gasteiger partial charge < -0.3 is 9.88 Å². The Bertz CT molecular complexity index is 788. The van der Waals surface area contributed by atoms with Crippen LogP contribution in [-0.2, 0) is 6.54 Å². The first kappa shape index (κ1) is 13.7. The largest absolute Gasteiger partial charge is 0.316 e. The van der Waals surface area contributed by atoms with Crippen molar-refractivity contribution < 1.29 is 0 Å². The van der Waals surface area contributed by atoms with Gasteiger partial charge in [0.25, 0.3) is 0 Å². The molecule has 112 valence electrons. The van der Waals surface area contributed by atoms with Crippen LogP contribution in [0.3, 0.4) is 0 Å². The van der Waals surface area contributed by atoms with Crippen molar-refractivity contribution in [3.8, 4) is 0 Å². The van der Waals surface area contributed by atoms with Crippen molar-refractivity contribution in [3.05, 3.63) is 59.0 Å². The highest BCUT2D eigenvalue weighted by atomic mass is 35.5. The lowest BCUT2D eigenvalue weighted by atomic mass is 10.1. The lowest BCUT2D eigenvalue weighted by molar-refractivity contribution is 0.640. The number of aromatic nitrogens is 3. The van der Waals surface area contributed by atoms with Gasteiger partial charge in [0.05, 0.1) is 6.54 Å². The molecule has 3 heterocycles. The minimum Gasteiger partial charge on any atom is -0.316 e. The third-order valence-electron chi connectivity index (χ3n) is 4.21. The summed E-state index contributed by atoms with van der Waals surface area (Å²) in [4.78, 5) is 9.38. The molecular formula is C17H17ClN4. The topological polar surface area (TPSA) is 42.7 Å². The Balaban J connectivity index is 1.79. The lowest BCUT2D eigenvalue weighted by Gasteiger charge is -2.13. The van der Waals surface area contributed by atoms with Crippen molar-refractivity contribution in [2.75, 3.05) is 13.1 Å². The zero-order valence-electron chi connectivity index (χ0n) is 12.2. The third-order valence-corrected chi connectivity index (χ3v) is 4.46. The standard InChI is InChI=1S/C17H17ClN4/c18-14-5-3-12(4-6-14)11-22-16(13-7-9-19-10-13)21-15-2-1-8-20-17(15)22/h1-6,8,13,19H,7,9-11H2. The van der Waals surface area contributed by atoms with Gasteiger partial charge in [0.15, 0.2) is 5.65 Å². The molecule has 0 saturated carbocycles. The second-order valence-electron chi connectivity index (χ2n) is 5.72. The van der Waals surface area contributed by atoms with Crippen LogP contribution in [0.2, 0.25) is 5.02 Å². The summed E-state index contributed by atoms with van der Waals surface area (Å²) < 4.78 is 2.25. The van der Waals surface area contributed by atoms with Crippen molar-refractivity contribution in [1.82, 2.24) is 19.9 Å². The van der Waals surface area contributed by atoms with E-state index in [0.29, 0.717) is 5.92 Å². The maximum atomic E-state index is 5.98. The van der Waals surface area contributed by atoms with Crippen LogP contribution in [0, 0.1) is 0 Å². The maximum absolute atomic E-state index is 5.98. The Kier molecular flexibility index (Phi) is 3.56. The molecule has 0 radical (unpaired) electrons. The number of halogens is 1. The fourth-order valence-electron chi connectivity index (χ4n) is 3.09. The van der Waals surface area contributed by atoms with Gasteiger partial charge in [0.2, 0.25) is 0 Å². The van der Waals surface area contributed by atoms with Gasteiger partial charge in [0.1, 0.15) is 11.3 Å². The predicted molar refractivity (Wildman–Crippen MR) is 88.3 cm³/mol. The van der Waals surface area contributed by atoms with Gasteiger partial charge in [0, 0.05) is 23.7 Å². The number of rotatable bonds is 3. The smallest absolute Gasteiger partial charge is 0.160 e. The van der Waals surface area contributed by atoms with Crippen LogP contribution in [0.5, 0.6) is 0 Å². The van der Waals surface area contributed by atoms with Crippen molar-refractivity contribution in [2.24, 2.45) is 0 Å². The molecule has 1 aliphatic heterocycles. The molecular weight excluding hydrogens is 296 g/mol. The molecule has 0 amide bonds. The van der Waals surface area contributed by atoms with Crippen molar-refractivity contribution in [2.45, 2.75) is 18.9 Å². The van der Waals surface area contributed by atoms with Crippen molar-refractivity contribution >= 4 is 22.8 Å². The molecule has 1 saturated heterocycles. The quantitative estimate of drug-likeness (QED) is 0.807. The summed E-state index contributed by atoms with van der Waals surface area (Å²) in [5.41, 5.74) is 3.14. The van der Waals surface area contributed by atoms with Crippen LogP contribution < -0.4 is 5.32 Å². The minimum atomic E-state index is 0.460. The molecule has 0 aliphatic carbocycles. The number of fused-ring (bicyclic) bond motifs is 1. The molecule has 2 aromatic heterocycles. The van der Waals surface area contributed by atoms with Crippen molar-refractivity contribution in [1.29, 1.82) is 0 Å². The second kappa shape index (κ2) is 5.71. The van der Waals surface area contributed by atoms with Crippen LogP contribution in [0.1, 0.15) is 23.7 Å². The molecule has 4 nitrogen and oxygen atoms in total. The first-order chi connectivity index (χ1) is 10.8. The van der Waals surface area contributed by atoms with E-state index in [1.165, 1.54) is 5.56 Å². The summed E-state index contributed by atoms with van der Waals surface area (Å²) in [5.74, 6) is 1.59. The zero-order chi connectivity index (χ0) is 14.9. The van der Waals surface area contributed by atoms with Gasteiger partial charge in [-0.3, -0.25) is 0 Å². The van der Waals surface area contributed by atoms with E-state index in [0.717, 1.165) is 48.1 Å². The van der Waals surface area contributed by atoms with E-state index in [9.17, 15) is 0 Å². The molecule has 5 heteroatoms. The maximum Gasteiger partial charge on any atom is 0.160 e. The minimum absolute atomic E-state index is 0.460. The molecule has 1 aliphatic rings. The van der Waals surface area contributed by atoms with Crippen LogP contribution in [0.15, 0.2) is 42.6 Å². The fraction of sp³-hybridized carbons (Fsp3) is 0.294. The Morgan fingerprint density at radius 3 is 2.86 bits per heavy atom. The number of nitrogens with zero attached hydrogens (tertiary/aromatic N) is 3. The summed E-state index contributed by atoms with van der Waals surface area (Å²) in [6.07, 6.45) is 2.96. The van der Waals surface area contributed by atoms with Gasteiger partial charge in [-0.05, 0) is 42.8 Å². The number of nitrogens with one attached hydrogen (secondary N) is 1. The van der Waals surface area contributed by atoms with Gasteiger partial charge in [-0.15, -0.1) is 0 Å². The van der Waals surface area contributed by atoms with E-state index in [1.807, 2.05) is 30.5 Å². The molecule has 22 heavy (non-hydrogen) atoms. The van der Waals surface area contributed by atoms with Crippen LogP contribution in [-0.4, -0.2) is 27.6 Å². The Morgan fingerprint density at radius 1 is 1.23 bits per heavy atom. The molecule has 0 bridgehead atoms. The number of benzene rings is 1. The second-order valence-corrected chi connectivity index (χ2v) is 6.15. The third kappa shape index (κ3) is 2.49. The first-order valence-corrected chi connectivity index (χ1v) is 7.95. The Labute approximate surface area is 134 Å². The lowest BCUT2D eigenvalue weighted by Crippen LogP contribution is -2.13. The normalized spacial score (nSPS) is 18.1. The molecule has 0 spiro atoms. The van der Waals surface area contributed by atoms with E-state index < -0.39 is 0 Å². The van der Waals surface area contributed by atoms with Crippen LogP contribution in [0.4, 0.5) is 0 Å². The highest BCUT2D eigenvalue weighted by molar-refractivity contribution is 6.30. The number of imidazole rings is 1. The zero-order valence-corrected chi connectivity index (χ0v) is 12.9. The monoisotopic (exact) mass is 312 g/mol. The highest BCUT2D eigenvalue weighted by Crippen LogP contribution is 2.26. The number of hydrogen-bond acceptors (Lipinski definition) is 3. The molecule has 1 aromatic carbocycles. The average Bonchev–Trinajstić information content (AvgIpc) is 3.18. The van der Waals surface area contributed by atoms with Gasteiger partial charge in [-0.25, -0.2) is 9.97 Å². The van der Waals surface area contributed by atoms with Gasteiger partial charge in [-0.2, -0.15) is 0 Å². The van der Waals surface area contributed by atoms with Crippen LogP contribution >= 0.6 is 11.6 Å². The van der Waals surface area contributed by atoms with Gasteiger partial charge in [-0.1, -0.05) is 23.7 Å². The first-order valence-electron chi connectivity index (χ1n) is 7.57. The van der Waals surface area contributed by atoms with E-state index in [2.05, 4.69) is 27.0 Å². The van der Waals surface area contributed by atoms with Crippen LogP contribution in [0.25, 0.3) is 11.2 Å². The van der Waals surface area contributed by atoms with E-state index >= 15 is 0 Å². The van der Waals surface area contributed by atoms with E-state index in [1.54, 1.807) is 0 Å². The molecule has 1 N–H and O–H groups in total.